The van der Waals surface area contributed by atoms with Crippen molar-refractivity contribution < 1.29 is 4.74 Å². The number of halogens is 1. The highest BCUT2D eigenvalue weighted by atomic mass is 35.5. The first-order chi connectivity index (χ1) is 10.1. The minimum atomic E-state index is 0.165. The third kappa shape index (κ3) is 3.58. The molecule has 3 heteroatoms. The maximum absolute atomic E-state index is 6.08. The number of rotatable bonds is 5. The standard InChI is InChI=1S/C18H22ClNO/c1-5-20-18(16-8-6-14(19)10-12(16)2)17-9-7-15(21-4)11-13(17)3/h6-11,18,20H,5H2,1-4H3. The minimum Gasteiger partial charge on any atom is -0.497 e. The Morgan fingerprint density at radius 1 is 1.05 bits per heavy atom. The molecule has 0 radical (unpaired) electrons. The summed E-state index contributed by atoms with van der Waals surface area (Å²) in [7, 11) is 1.69. The van der Waals surface area contributed by atoms with Gasteiger partial charge in [-0.25, -0.2) is 0 Å². The van der Waals surface area contributed by atoms with Gasteiger partial charge in [0.1, 0.15) is 5.75 Å². The Hall–Kier alpha value is -1.51. The summed E-state index contributed by atoms with van der Waals surface area (Å²) in [5.74, 6) is 0.888. The first kappa shape index (κ1) is 15.9. The summed E-state index contributed by atoms with van der Waals surface area (Å²) >= 11 is 6.08. The van der Waals surface area contributed by atoms with E-state index in [1.165, 1.54) is 22.3 Å². The van der Waals surface area contributed by atoms with E-state index >= 15 is 0 Å². The van der Waals surface area contributed by atoms with Crippen molar-refractivity contribution in [3.05, 3.63) is 63.7 Å². The van der Waals surface area contributed by atoms with Gasteiger partial charge in [0.05, 0.1) is 13.2 Å². The number of hydrogen-bond donors (Lipinski definition) is 1. The van der Waals surface area contributed by atoms with Crippen molar-refractivity contribution in [3.63, 3.8) is 0 Å². The highest BCUT2D eigenvalue weighted by molar-refractivity contribution is 6.30. The van der Waals surface area contributed by atoms with Crippen LogP contribution in [0.2, 0.25) is 5.02 Å². The van der Waals surface area contributed by atoms with Crippen LogP contribution in [0, 0.1) is 13.8 Å². The predicted octanol–water partition coefficient (Wildman–Crippen LogP) is 4.66. The molecule has 0 amide bonds. The van der Waals surface area contributed by atoms with Crippen molar-refractivity contribution >= 4 is 11.6 Å². The van der Waals surface area contributed by atoms with Crippen molar-refractivity contribution in [2.75, 3.05) is 13.7 Å². The van der Waals surface area contributed by atoms with E-state index in [4.69, 9.17) is 16.3 Å². The second-order valence-electron chi connectivity index (χ2n) is 5.21. The maximum Gasteiger partial charge on any atom is 0.119 e. The Morgan fingerprint density at radius 2 is 1.67 bits per heavy atom. The van der Waals surface area contributed by atoms with Crippen LogP contribution in [-0.4, -0.2) is 13.7 Å². The molecule has 0 aliphatic heterocycles. The Labute approximate surface area is 132 Å². The molecule has 2 nitrogen and oxygen atoms in total. The number of benzene rings is 2. The molecule has 1 atom stereocenters. The van der Waals surface area contributed by atoms with Crippen LogP contribution in [0.4, 0.5) is 0 Å². The van der Waals surface area contributed by atoms with Crippen molar-refractivity contribution in [3.8, 4) is 5.75 Å². The van der Waals surface area contributed by atoms with Gasteiger partial charge >= 0.3 is 0 Å². The van der Waals surface area contributed by atoms with Gasteiger partial charge in [-0.1, -0.05) is 30.7 Å². The molecule has 0 bridgehead atoms. The average Bonchev–Trinajstić information content (AvgIpc) is 2.46. The van der Waals surface area contributed by atoms with Crippen molar-refractivity contribution in [2.45, 2.75) is 26.8 Å². The lowest BCUT2D eigenvalue weighted by Crippen LogP contribution is -2.23. The molecule has 0 saturated carbocycles. The Bertz CT molecular complexity index is 625. The monoisotopic (exact) mass is 303 g/mol. The first-order valence-corrected chi connectivity index (χ1v) is 7.58. The van der Waals surface area contributed by atoms with Gasteiger partial charge in [-0.3, -0.25) is 0 Å². The number of nitrogens with one attached hydrogen (secondary N) is 1. The molecule has 1 unspecified atom stereocenters. The Balaban J connectivity index is 2.48. The summed E-state index contributed by atoms with van der Waals surface area (Å²) in [6.07, 6.45) is 0. The highest BCUT2D eigenvalue weighted by Crippen LogP contribution is 2.30. The number of ether oxygens (including phenoxy) is 1. The van der Waals surface area contributed by atoms with Crippen molar-refractivity contribution in [2.24, 2.45) is 0 Å². The maximum atomic E-state index is 6.08. The lowest BCUT2D eigenvalue weighted by atomic mass is 9.92. The zero-order valence-corrected chi connectivity index (χ0v) is 13.8. The molecule has 0 aliphatic rings. The molecule has 1 N–H and O–H groups in total. The van der Waals surface area contributed by atoms with E-state index in [0.29, 0.717) is 0 Å². The van der Waals surface area contributed by atoms with Crippen LogP contribution >= 0.6 is 11.6 Å². The summed E-state index contributed by atoms with van der Waals surface area (Å²) < 4.78 is 5.30. The second kappa shape index (κ2) is 6.97. The van der Waals surface area contributed by atoms with Gasteiger partial charge in [-0.05, 0) is 66.9 Å². The fourth-order valence-corrected chi connectivity index (χ4v) is 2.88. The first-order valence-electron chi connectivity index (χ1n) is 7.20. The van der Waals surface area contributed by atoms with E-state index in [0.717, 1.165) is 17.3 Å². The normalized spacial score (nSPS) is 12.2. The summed E-state index contributed by atoms with van der Waals surface area (Å²) in [5, 5.41) is 4.35. The third-order valence-electron chi connectivity index (χ3n) is 3.74. The van der Waals surface area contributed by atoms with Crippen LogP contribution < -0.4 is 10.1 Å². The van der Waals surface area contributed by atoms with E-state index in [9.17, 15) is 0 Å². The molecular formula is C18H22ClNO. The summed E-state index contributed by atoms with van der Waals surface area (Å²) in [6.45, 7) is 7.24. The van der Waals surface area contributed by atoms with E-state index in [1.54, 1.807) is 7.11 Å². The number of hydrogen-bond acceptors (Lipinski definition) is 2. The average molecular weight is 304 g/mol. The molecule has 0 spiro atoms. The van der Waals surface area contributed by atoms with Crippen LogP contribution in [0.3, 0.4) is 0 Å². The molecule has 0 fully saturated rings. The molecule has 112 valence electrons. The Morgan fingerprint density at radius 3 is 2.19 bits per heavy atom. The quantitative estimate of drug-likeness (QED) is 0.867. The zero-order chi connectivity index (χ0) is 15.4. The molecule has 2 aromatic rings. The lowest BCUT2D eigenvalue weighted by Gasteiger charge is -2.23. The molecule has 0 aliphatic carbocycles. The zero-order valence-electron chi connectivity index (χ0n) is 13.0. The van der Waals surface area contributed by atoms with Crippen molar-refractivity contribution in [1.29, 1.82) is 0 Å². The summed E-state index contributed by atoms with van der Waals surface area (Å²) in [5.41, 5.74) is 4.94. The smallest absolute Gasteiger partial charge is 0.119 e. The van der Waals surface area contributed by atoms with Gasteiger partial charge in [-0.2, -0.15) is 0 Å². The van der Waals surface area contributed by atoms with E-state index in [2.05, 4.69) is 44.3 Å². The number of methoxy groups -OCH3 is 1. The SMILES string of the molecule is CCNC(c1ccc(Cl)cc1C)c1ccc(OC)cc1C. The summed E-state index contributed by atoms with van der Waals surface area (Å²) in [6, 6.07) is 12.5. The fourth-order valence-electron chi connectivity index (χ4n) is 2.65. The van der Waals surface area contributed by atoms with Crippen LogP contribution in [0.1, 0.15) is 35.2 Å². The molecular weight excluding hydrogens is 282 g/mol. The van der Waals surface area contributed by atoms with Crippen LogP contribution in [-0.2, 0) is 0 Å². The van der Waals surface area contributed by atoms with Crippen LogP contribution in [0.15, 0.2) is 36.4 Å². The van der Waals surface area contributed by atoms with Gasteiger partial charge in [-0.15, -0.1) is 0 Å². The van der Waals surface area contributed by atoms with Gasteiger partial charge in [0.2, 0.25) is 0 Å². The van der Waals surface area contributed by atoms with E-state index in [1.807, 2.05) is 18.2 Å². The lowest BCUT2D eigenvalue weighted by molar-refractivity contribution is 0.414. The van der Waals surface area contributed by atoms with Gasteiger partial charge < -0.3 is 10.1 Å². The minimum absolute atomic E-state index is 0.165. The number of aryl methyl sites for hydroxylation is 2. The van der Waals surface area contributed by atoms with Gasteiger partial charge in [0.15, 0.2) is 0 Å². The van der Waals surface area contributed by atoms with E-state index < -0.39 is 0 Å². The molecule has 2 rings (SSSR count). The molecule has 0 heterocycles. The van der Waals surface area contributed by atoms with Gasteiger partial charge in [0, 0.05) is 5.02 Å². The van der Waals surface area contributed by atoms with E-state index in [-0.39, 0.29) is 6.04 Å². The van der Waals surface area contributed by atoms with Crippen LogP contribution in [0.25, 0.3) is 0 Å². The van der Waals surface area contributed by atoms with Crippen LogP contribution in [0.5, 0.6) is 5.75 Å². The topological polar surface area (TPSA) is 21.3 Å². The molecule has 0 aromatic heterocycles. The third-order valence-corrected chi connectivity index (χ3v) is 3.97. The molecule has 21 heavy (non-hydrogen) atoms. The summed E-state index contributed by atoms with van der Waals surface area (Å²) in [4.78, 5) is 0. The largest absolute Gasteiger partial charge is 0.497 e. The van der Waals surface area contributed by atoms with Crippen molar-refractivity contribution in [1.82, 2.24) is 5.32 Å². The molecule has 2 aromatic carbocycles. The second-order valence-corrected chi connectivity index (χ2v) is 5.65. The van der Waals surface area contributed by atoms with Gasteiger partial charge in [0.25, 0.3) is 0 Å². The fraction of sp³-hybridized carbons (Fsp3) is 0.333. The predicted molar refractivity (Wildman–Crippen MR) is 89.4 cm³/mol. The Kier molecular flexibility index (Phi) is 5.27. The highest BCUT2D eigenvalue weighted by Gasteiger charge is 2.17. The molecule has 0 saturated heterocycles.